The predicted molar refractivity (Wildman–Crippen MR) is 63.0 cm³/mol. The summed E-state index contributed by atoms with van der Waals surface area (Å²) < 4.78 is 1.82. The van der Waals surface area contributed by atoms with Crippen LogP contribution in [0.4, 0.5) is 0 Å². The van der Waals surface area contributed by atoms with Crippen LogP contribution in [0.1, 0.15) is 17.0 Å². The van der Waals surface area contributed by atoms with Crippen LogP contribution >= 0.6 is 0 Å². The fraction of sp³-hybridized carbons (Fsp3) is 0.333. The zero-order valence-electron chi connectivity index (χ0n) is 9.37. The highest BCUT2D eigenvalue weighted by atomic mass is 15.3. The summed E-state index contributed by atoms with van der Waals surface area (Å²) in [5, 5.41) is 4.10. The van der Waals surface area contributed by atoms with Crippen LogP contribution in [0, 0.1) is 6.92 Å². The number of aromatic nitrogens is 3. The van der Waals surface area contributed by atoms with Crippen molar-refractivity contribution >= 4 is 0 Å². The Kier molecular flexibility index (Phi) is 3.31. The summed E-state index contributed by atoms with van der Waals surface area (Å²) in [4.78, 5) is 3.93. The number of benzene rings is 1. The maximum absolute atomic E-state index is 5.81. The molecule has 0 amide bonds. The largest absolute Gasteiger partial charge is 0.330 e. The molecule has 4 heteroatoms. The fourth-order valence-corrected chi connectivity index (χ4v) is 1.79. The topological polar surface area (TPSA) is 56.7 Å². The van der Waals surface area contributed by atoms with E-state index in [0.717, 1.165) is 6.54 Å². The highest BCUT2D eigenvalue weighted by molar-refractivity contribution is 5.25. The van der Waals surface area contributed by atoms with Crippen LogP contribution in [0.15, 0.2) is 36.9 Å². The van der Waals surface area contributed by atoms with Crippen molar-refractivity contribution in [2.45, 2.75) is 19.4 Å². The van der Waals surface area contributed by atoms with E-state index in [9.17, 15) is 0 Å². The minimum absolute atomic E-state index is 0.293. The smallest absolute Gasteiger partial charge is 0.137 e. The molecule has 1 atom stereocenters. The van der Waals surface area contributed by atoms with Crippen molar-refractivity contribution in [2.75, 3.05) is 6.54 Å². The molecule has 0 bridgehead atoms. The van der Waals surface area contributed by atoms with E-state index in [1.54, 1.807) is 12.7 Å². The van der Waals surface area contributed by atoms with E-state index >= 15 is 0 Å². The number of nitrogens with two attached hydrogens (primary N) is 1. The van der Waals surface area contributed by atoms with E-state index in [4.69, 9.17) is 5.73 Å². The predicted octanol–water partition coefficient (Wildman–Crippen LogP) is 1.33. The summed E-state index contributed by atoms with van der Waals surface area (Å²) in [6.07, 6.45) is 3.27. The second kappa shape index (κ2) is 4.90. The highest BCUT2D eigenvalue weighted by Gasteiger charge is 2.10. The van der Waals surface area contributed by atoms with E-state index in [1.807, 2.05) is 4.68 Å². The standard InChI is InChI=1S/C12H16N4/c1-10-3-2-4-11(5-10)12(6-13)7-16-9-14-8-15-16/h2-5,8-9,12H,6-7,13H2,1H3. The Hall–Kier alpha value is -1.68. The molecule has 0 fully saturated rings. The minimum atomic E-state index is 0.293. The minimum Gasteiger partial charge on any atom is -0.330 e. The van der Waals surface area contributed by atoms with Gasteiger partial charge in [-0.1, -0.05) is 29.8 Å². The van der Waals surface area contributed by atoms with Gasteiger partial charge in [0.2, 0.25) is 0 Å². The van der Waals surface area contributed by atoms with E-state index in [0.29, 0.717) is 12.5 Å². The Bertz CT molecular complexity index is 436. The first kappa shape index (κ1) is 10.8. The van der Waals surface area contributed by atoms with Gasteiger partial charge in [-0.05, 0) is 12.5 Å². The van der Waals surface area contributed by atoms with Gasteiger partial charge in [-0.2, -0.15) is 5.10 Å². The molecule has 0 aliphatic heterocycles. The van der Waals surface area contributed by atoms with Crippen molar-refractivity contribution in [3.05, 3.63) is 48.0 Å². The molecule has 0 saturated carbocycles. The van der Waals surface area contributed by atoms with Gasteiger partial charge in [0.25, 0.3) is 0 Å². The van der Waals surface area contributed by atoms with Crippen LogP contribution < -0.4 is 5.73 Å². The Balaban J connectivity index is 2.16. The Morgan fingerprint density at radius 2 is 2.31 bits per heavy atom. The number of nitrogens with zero attached hydrogens (tertiary/aromatic N) is 3. The van der Waals surface area contributed by atoms with Crippen LogP contribution in [0.3, 0.4) is 0 Å². The summed E-state index contributed by atoms with van der Waals surface area (Å²) in [6, 6.07) is 8.44. The fourth-order valence-electron chi connectivity index (χ4n) is 1.79. The molecule has 1 aromatic carbocycles. The lowest BCUT2D eigenvalue weighted by Gasteiger charge is -2.15. The second-order valence-electron chi connectivity index (χ2n) is 3.96. The molecular weight excluding hydrogens is 200 g/mol. The van der Waals surface area contributed by atoms with Crippen molar-refractivity contribution in [2.24, 2.45) is 5.73 Å². The molecule has 0 saturated heterocycles. The SMILES string of the molecule is Cc1cccc(C(CN)Cn2cncn2)c1. The van der Waals surface area contributed by atoms with Gasteiger partial charge >= 0.3 is 0 Å². The molecule has 2 N–H and O–H groups in total. The van der Waals surface area contributed by atoms with Gasteiger partial charge in [0.1, 0.15) is 12.7 Å². The molecule has 0 spiro atoms. The molecule has 16 heavy (non-hydrogen) atoms. The molecule has 0 aliphatic rings. The summed E-state index contributed by atoms with van der Waals surface area (Å²) >= 11 is 0. The van der Waals surface area contributed by atoms with Crippen LogP contribution in [-0.2, 0) is 6.54 Å². The molecule has 1 unspecified atom stereocenters. The number of hydrogen-bond acceptors (Lipinski definition) is 3. The zero-order chi connectivity index (χ0) is 11.4. The molecule has 0 aliphatic carbocycles. The normalized spacial score (nSPS) is 12.6. The van der Waals surface area contributed by atoms with E-state index < -0.39 is 0 Å². The van der Waals surface area contributed by atoms with E-state index in [-0.39, 0.29) is 0 Å². The van der Waals surface area contributed by atoms with Gasteiger partial charge in [0.05, 0.1) is 6.54 Å². The van der Waals surface area contributed by atoms with Gasteiger partial charge in [0.15, 0.2) is 0 Å². The maximum Gasteiger partial charge on any atom is 0.137 e. The summed E-state index contributed by atoms with van der Waals surface area (Å²) in [5.74, 6) is 0.293. The van der Waals surface area contributed by atoms with Gasteiger partial charge < -0.3 is 5.73 Å². The second-order valence-corrected chi connectivity index (χ2v) is 3.96. The highest BCUT2D eigenvalue weighted by Crippen LogP contribution is 2.17. The summed E-state index contributed by atoms with van der Waals surface area (Å²) in [7, 11) is 0. The average Bonchev–Trinajstić information content (AvgIpc) is 2.78. The lowest BCUT2D eigenvalue weighted by Crippen LogP contribution is -2.18. The maximum atomic E-state index is 5.81. The molecular formula is C12H16N4. The van der Waals surface area contributed by atoms with Gasteiger partial charge in [-0.15, -0.1) is 0 Å². The molecule has 4 nitrogen and oxygen atoms in total. The first-order chi connectivity index (χ1) is 7.79. The average molecular weight is 216 g/mol. The lowest BCUT2D eigenvalue weighted by atomic mass is 9.98. The van der Waals surface area contributed by atoms with Crippen molar-refractivity contribution in [1.29, 1.82) is 0 Å². The molecule has 1 aromatic heterocycles. The molecule has 2 rings (SSSR count). The Morgan fingerprint density at radius 1 is 1.44 bits per heavy atom. The first-order valence-electron chi connectivity index (χ1n) is 5.38. The number of aryl methyl sites for hydroxylation is 1. The first-order valence-corrected chi connectivity index (χ1v) is 5.38. The summed E-state index contributed by atoms with van der Waals surface area (Å²) in [6.45, 7) is 3.48. The number of rotatable bonds is 4. The molecule has 2 aromatic rings. The van der Waals surface area contributed by atoms with Gasteiger partial charge in [0, 0.05) is 12.5 Å². The lowest BCUT2D eigenvalue weighted by molar-refractivity contribution is 0.520. The van der Waals surface area contributed by atoms with E-state index in [2.05, 4.69) is 41.3 Å². The number of hydrogen-bond donors (Lipinski definition) is 1. The van der Waals surface area contributed by atoms with Crippen LogP contribution in [-0.4, -0.2) is 21.3 Å². The third-order valence-corrected chi connectivity index (χ3v) is 2.67. The Morgan fingerprint density at radius 3 is 2.94 bits per heavy atom. The monoisotopic (exact) mass is 216 g/mol. The van der Waals surface area contributed by atoms with Crippen molar-refractivity contribution < 1.29 is 0 Å². The third-order valence-electron chi connectivity index (χ3n) is 2.67. The molecule has 84 valence electrons. The third kappa shape index (κ3) is 2.46. The molecule has 1 heterocycles. The summed E-state index contributed by atoms with van der Waals surface area (Å²) in [5.41, 5.74) is 8.33. The van der Waals surface area contributed by atoms with Gasteiger partial charge in [-0.3, -0.25) is 4.68 Å². The quantitative estimate of drug-likeness (QED) is 0.838. The van der Waals surface area contributed by atoms with Crippen molar-refractivity contribution in [3.63, 3.8) is 0 Å². The molecule has 0 radical (unpaired) electrons. The van der Waals surface area contributed by atoms with Gasteiger partial charge in [-0.25, -0.2) is 4.98 Å². The zero-order valence-corrected chi connectivity index (χ0v) is 9.37. The van der Waals surface area contributed by atoms with Crippen LogP contribution in [0.5, 0.6) is 0 Å². The Labute approximate surface area is 95.1 Å². The van der Waals surface area contributed by atoms with Crippen LogP contribution in [0.2, 0.25) is 0 Å². The van der Waals surface area contributed by atoms with Crippen LogP contribution in [0.25, 0.3) is 0 Å². The van der Waals surface area contributed by atoms with Crippen molar-refractivity contribution in [1.82, 2.24) is 14.8 Å². The van der Waals surface area contributed by atoms with E-state index in [1.165, 1.54) is 11.1 Å². The van der Waals surface area contributed by atoms with Crippen molar-refractivity contribution in [3.8, 4) is 0 Å².